The summed E-state index contributed by atoms with van der Waals surface area (Å²) in [6.07, 6.45) is 2.45. The topological polar surface area (TPSA) is 55.6 Å². The number of benzene rings is 1. The smallest absolute Gasteiger partial charge is 0.415 e. The molecule has 1 aliphatic heterocycles. The summed E-state index contributed by atoms with van der Waals surface area (Å²) in [7, 11) is 0. The first-order chi connectivity index (χ1) is 9.83. The molecule has 0 spiro atoms. The largest absolute Gasteiger partial charge is 0.443 e. The van der Waals surface area contributed by atoms with E-state index in [1.54, 1.807) is 4.90 Å². The fourth-order valence-electron chi connectivity index (χ4n) is 2.88. The first-order valence-corrected chi connectivity index (χ1v) is 7.70. The van der Waals surface area contributed by atoms with Crippen LogP contribution in [0.1, 0.15) is 58.6 Å². The zero-order valence-corrected chi connectivity index (χ0v) is 13.4. The van der Waals surface area contributed by atoms with E-state index in [1.807, 2.05) is 45.0 Å². The lowest BCUT2D eigenvalue weighted by atomic mass is 9.90. The third-order valence-electron chi connectivity index (χ3n) is 3.70. The summed E-state index contributed by atoms with van der Waals surface area (Å²) >= 11 is 0. The van der Waals surface area contributed by atoms with Crippen LogP contribution < -0.4 is 10.6 Å². The maximum atomic E-state index is 12.6. The van der Waals surface area contributed by atoms with Gasteiger partial charge >= 0.3 is 6.09 Å². The van der Waals surface area contributed by atoms with Gasteiger partial charge in [0.05, 0.1) is 5.69 Å². The molecule has 0 fully saturated rings. The summed E-state index contributed by atoms with van der Waals surface area (Å²) in [5.41, 5.74) is 7.70. The Kier molecular flexibility index (Phi) is 4.57. The lowest BCUT2D eigenvalue weighted by Gasteiger charge is -2.40. The van der Waals surface area contributed by atoms with Crippen molar-refractivity contribution in [3.63, 3.8) is 0 Å². The molecule has 0 saturated carbocycles. The van der Waals surface area contributed by atoms with Crippen LogP contribution >= 0.6 is 0 Å². The molecule has 0 bridgehead atoms. The average Bonchev–Trinajstić information content (AvgIpc) is 2.37. The minimum absolute atomic E-state index is 0.0172. The molecule has 116 valence electrons. The molecular formula is C17H26N2O2. The number of amides is 1. The molecule has 2 rings (SSSR count). The van der Waals surface area contributed by atoms with Gasteiger partial charge in [-0.05, 0) is 45.2 Å². The highest BCUT2D eigenvalue weighted by atomic mass is 16.6. The molecule has 1 aliphatic rings. The van der Waals surface area contributed by atoms with E-state index in [4.69, 9.17) is 10.5 Å². The Hall–Kier alpha value is -1.55. The second-order valence-electron chi connectivity index (χ2n) is 6.69. The van der Waals surface area contributed by atoms with Crippen molar-refractivity contribution >= 4 is 11.8 Å². The van der Waals surface area contributed by atoms with E-state index in [9.17, 15) is 4.79 Å². The second kappa shape index (κ2) is 6.06. The number of para-hydroxylation sites is 1. The SMILES string of the molecule is CCC[C@H]1C[C@H](N)c2ccccc2N1C(=O)OC(C)(C)C. The molecule has 4 nitrogen and oxygen atoms in total. The van der Waals surface area contributed by atoms with E-state index in [-0.39, 0.29) is 18.2 Å². The molecule has 0 saturated heterocycles. The van der Waals surface area contributed by atoms with Crippen LogP contribution in [0.2, 0.25) is 0 Å². The summed E-state index contributed by atoms with van der Waals surface area (Å²) in [6.45, 7) is 7.79. The predicted molar refractivity (Wildman–Crippen MR) is 85.4 cm³/mol. The molecule has 2 atom stereocenters. The van der Waals surface area contributed by atoms with Gasteiger partial charge in [0, 0.05) is 12.1 Å². The van der Waals surface area contributed by atoms with Gasteiger partial charge in [-0.1, -0.05) is 31.5 Å². The number of ether oxygens (including phenoxy) is 1. The maximum absolute atomic E-state index is 12.6. The number of rotatable bonds is 2. The number of hydrogen-bond acceptors (Lipinski definition) is 3. The number of anilines is 1. The Labute approximate surface area is 127 Å². The monoisotopic (exact) mass is 290 g/mol. The molecule has 1 heterocycles. The fourth-order valence-corrected chi connectivity index (χ4v) is 2.88. The van der Waals surface area contributed by atoms with E-state index < -0.39 is 5.60 Å². The number of nitrogens with two attached hydrogens (primary N) is 1. The van der Waals surface area contributed by atoms with Crippen molar-refractivity contribution in [1.82, 2.24) is 0 Å². The van der Waals surface area contributed by atoms with Crippen molar-refractivity contribution in [3.05, 3.63) is 29.8 Å². The lowest BCUT2D eigenvalue weighted by Crippen LogP contribution is -2.48. The van der Waals surface area contributed by atoms with Crippen LogP contribution in [0, 0.1) is 0 Å². The first-order valence-electron chi connectivity index (χ1n) is 7.70. The quantitative estimate of drug-likeness (QED) is 0.895. The molecule has 0 aliphatic carbocycles. The van der Waals surface area contributed by atoms with Crippen molar-refractivity contribution in [2.24, 2.45) is 5.73 Å². The van der Waals surface area contributed by atoms with Gasteiger partial charge in [0.2, 0.25) is 0 Å². The fraction of sp³-hybridized carbons (Fsp3) is 0.588. The van der Waals surface area contributed by atoms with Gasteiger partial charge in [-0.25, -0.2) is 4.79 Å². The van der Waals surface area contributed by atoms with Gasteiger partial charge in [-0.3, -0.25) is 4.90 Å². The molecule has 2 N–H and O–H groups in total. The third-order valence-corrected chi connectivity index (χ3v) is 3.70. The minimum Gasteiger partial charge on any atom is -0.443 e. The van der Waals surface area contributed by atoms with Gasteiger partial charge < -0.3 is 10.5 Å². The molecule has 1 aromatic rings. The molecule has 1 amide bonds. The van der Waals surface area contributed by atoms with Gasteiger partial charge in [0.15, 0.2) is 0 Å². The van der Waals surface area contributed by atoms with Gasteiger partial charge in [0.1, 0.15) is 5.60 Å². The predicted octanol–water partition coefficient (Wildman–Crippen LogP) is 4.00. The Balaban J connectivity index is 2.37. The van der Waals surface area contributed by atoms with Crippen LogP contribution in [0.4, 0.5) is 10.5 Å². The van der Waals surface area contributed by atoms with Crippen LogP contribution in [0.15, 0.2) is 24.3 Å². The molecule has 4 heteroatoms. The van der Waals surface area contributed by atoms with E-state index in [0.29, 0.717) is 0 Å². The van der Waals surface area contributed by atoms with Gasteiger partial charge in [-0.15, -0.1) is 0 Å². The van der Waals surface area contributed by atoms with Crippen molar-refractivity contribution in [1.29, 1.82) is 0 Å². The summed E-state index contributed by atoms with van der Waals surface area (Å²) in [6, 6.07) is 7.95. The number of hydrogen-bond donors (Lipinski definition) is 1. The number of fused-ring (bicyclic) bond motifs is 1. The zero-order chi connectivity index (χ0) is 15.6. The normalized spacial score (nSPS) is 21.9. The van der Waals surface area contributed by atoms with E-state index in [0.717, 1.165) is 30.5 Å². The van der Waals surface area contributed by atoms with Crippen molar-refractivity contribution in [2.75, 3.05) is 4.90 Å². The Morgan fingerprint density at radius 1 is 1.38 bits per heavy atom. The minimum atomic E-state index is -0.498. The number of carbonyl (C=O) groups is 1. The second-order valence-corrected chi connectivity index (χ2v) is 6.69. The summed E-state index contributed by atoms with van der Waals surface area (Å²) < 4.78 is 5.59. The number of nitrogens with zero attached hydrogens (tertiary/aromatic N) is 1. The Morgan fingerprint density at radius 3 is 2.67 bits per heavy atom. The third kappa shape index (κ3) is 3.56. The van der Waals surface area contributed by atoms with Crippen LogP contribution in [0.5, 0.6) is 0 Å². The van der Waals surface area contributed by atoms with Crippen LogP contribution in [0.3, 0.4) is 0 Å². The molecule has 0 aromatic heterocycles. The highest BCUT2D eigenvalue weighted by molar-refractivity contribution is 5.90. The molecule has 0 unspecified atom stereocenters. The average molecular weight is 290 g/mol. The van der Waals surface area contributed by atoms with Gasteiger partial charge in [-0.2, -0.15) is 0 Å². The van der Waals surface area contributed by atoms with Crippen LogP contribution in [-0.2, 0) is 4.74 Å². The molecule has 0 radical (unpaired) electrons. The first kappa shape index (κ1) is 15.8. The lowest BCUT2D eigenvalue weighted by molar-refractivity contribution is 0.0556. The van der Waals surface area contributed by atoms with Crippen molar-refractivity contribution in [2.45, 2.75) is 64.6 Å². The van der Waals surface area contributed by atoms with E-state index >= 15 is 0 Å². The Bertz CT molecular complexity index is 508. The summed E-state index contributed by atoms with van der Waals surface area (Å²) in [5, 5.41) is 0. The highest BCUT2D eigenvalue weighted by Crippen LogP contribution is 2.38. The number of carbonyl (C=O) groups excluding carboxylic acids is 1. The molecule has 1 aromatic carbocycles. The van der Waals surface area contributed by atoms with Gasteiger partial charge in [0.25, 0.3) is 0 Å². The van der Waals surface area contributed by atoms with E-state index in [1.165, 1.54) is 0 Å². The van der Waals surface area contributed by atoms with Crippen LogP contribution in [-0.4, -0.2) is 17.7 Å². The molecular weight excluding hydrogens is 264 g/mol. The Morgan fingerprint density at radius 2 is 2.05 bits per heavy atom. The zero-order valence-electron chi connectivity index (χ0n) is 13.4. The van der Waals surface area contributed by atoms with E-state index in [2.05, 4.69) is 6.92 Å². The summed E-state index contributed by atoms with van der Waals surface area (Å²) in [4.78, 5) is 14.4. The maximum Gasteiger partial charge on any atom is 0.415 e. The van der Waals surface area contributed by atoms with Crippen molar-refractivity contribution in [3.8, 4) is 0 Å². The summed E-state index contributed by atoms with van der Waals surface area (Å²) in [5.74, 6) is 0. The molecule has 21 heavy (non-hydrogen) atoms. The van der Waals surface area contributed by atoms with Crippen molar-refractivity contribution < 1.29 is 9.53 Å². The van der Waals surface area contributed by atoms with Crippen LogP contribution in [0.25, 0.3) is 0 Å². The standard InChI is InChI=1S/C17H26N2O2/c1-5-8-12-11-14(18)13-9-6-7-10-15(13)19(12)16(20)21-17(2,3)4/h6-7,9-10,12,14H,5,8,11,18H2,1-4H3/t12-,14-/m0/s1. The highest BCUT2D eigenvalue weighted by Gasteiger charge is 2.36.